The smallest absolute Gasteiger partial charge is 0.408 e. The Bertz CT molecular complexity index is 930. The minimum Gasteiger partial charge on any atom is -0.480 e. The molecule has 2 rings (SSSR count). The third-order valence-corrected chi connectivity index (χ3v) is 6.31. The van der Waals surface area contributed by atoms with Gasteiger partial charge in [0.05, 0.1) is 0 Å². The molecule has 0 unspecified atom stereocenters. The van der Waals surface area contributed by atoms with E-state index in [-0.39, 0.29) is 25.3 Å². The van der Waals surface area contributed by atoms with Crippen LogP contribution in [0.3, 0.4) is 0 Å². The van der Waals surface area contributed by atoms with Crippen LogP contribution >= 0.6 is 11.8 Å². The third-order valence-electron chi connectivity index (χ3n) is 5.66. The highest BCUT2D eigenvalue weighted by Crippen LogP contribution is 2.25. The molecule has 1 aromatic carbocycles. The summed E-state index contributed by atoms with van der Waals surface area (Å²) in [5, 5.41) is 14.8. The molecular weight excluding hydrogens is 470 g/mol. The molecule has 0 saturated carbocycles. The number of amides is 3. The number of aliphatic carboxylic acids is 1. The van der Waals surface area contributed by atoms with Crippen molar-refractivity contribution in [1.82, 2.24) is 15.5 Å². The molecule has 3 amide bonds. The fourth-order valence-corrected chi connectivity index (χ4v) is 4.35. The Morgan fingerprint density at radius 1 is 1.14 bits per heavy atom. The van der Waals surface area contributed by atoms with E-state index in [1.54, 1.807) is 34.6 Å². The summed E-state index contributed by atoms with van der Waals surface area (Å²) < 4.78 is 5.34. The average molecular weight is 508 g/mol. The van der Waals surface area contributed by atoms with Gasteiger partial charge in [0.25, 0.3) is 0 Å². The van der Waals surface area contributed by atoms with Gasteiger partial charge in [-0.1, -0.05) is 38.1 Å². The largest absolute Gasteiger partial charge is 0.480 e. The molecule has 1 aliphatic heterocycles. The molecule has 194 valence electrons. The van der Waals surface area contributed by atoms with Gasteiger partial charge in [-0.25, -0.2) is 9.59 Å². The number of rotatable bonds is 9. The number of alkyl carbamates (subject to hydrolysis) is 1. The van der Waals surface area contributed by atoms with E-state index in [4.69, 9.17) is 4.74 Å². The van der Waals surface area contributed by atoms with E-state index in [1.807, 2.05) is 30.5 Å². The molecule has 0 aliphatic carbocycles. The first kappa shape index (κ1) is 28.5. The number of carboxylic acids is 1. The van der Waals surface area contributed by atoms with Crippen LogP contribution in [0.1, 0.15) is 52.2 Å². The third kappa shape index (κ3) is 8.16. The molecule has 3 atom stereocenters. The SMILES string of the molecule is CSCC[C@H](NC(=O)[C@H]1Cc2ccccc2CN1C(=O)[C@@H](NC(=O)OC(C)(C)C)C(C)C)C(=O)O. The Labute approximate surface area is 211 Å². The molecule has 0 radical (unpaired) electrons. The van der Waals surface area contributed by atoms with Gasteiger partial charge in [0.15, 0.2) is 0 Å². The van der Waals surface area contributed by atoms with Gasteiger partial charge in [-0.05, 0) is 56.2 Å². The van der Waals surface area contributed by atoms with Gasteiger partial charge in [0, 0.05) is 13.0 Å². The number of nitrogens with zero attached hydrogens (tertiary/aromatic N) is 1. The van der Waals surface area contributed by atoms with Crippen LogP contribution in [-0.2, 0) is 32.1 Å². The van der Waals surface area contributed by atoms with Crippen LogP contribution in [0.2, 0.25) is 0 Å². The Kier molecular flexibility index (Phi) is 10.00. The topological polar surface area (TPSA) is 125 Å². The average Bonchev–Trinajstić information content (AvgIpc) is 2.77. The minimum absolute atomic E-state index is 0.175. The summed E-state index contributed by atoms with van der Waals surface area (Å²) in [6.45, 7) is 8.98. The molecule has 10 heteroatoms. The first-order valence-corrected chi connectivity index (χ1v) is 13.1. The maximum Gasteiger partial charge on any atom is 0.408 e. The number of hydrogen-bond donors (Lipinski definition) is 3. The highest BCUT2D eigenvalue weighted by atomic mass is 32.2. The summed E-state index contributed by atoms with van der Waals surface area (Å²) in [4.78, 5) is 52.6. The van der Waals surface area contributed by atoms with Crippen molar-refractivity contribution in [2.75, 3.05) is 12.0 Å². The lowest BCUT2D eigenvalue weighted by atomic mass is 9.91. The summed E-state index contributed by atoms with van der Waals surface area (Å²) in [5.74, 6) is -1.77. The Morgan fingerprint density at radius 3 is 2.31 bits per heavy atom. The van der Waals surface area contributed by atoms with Crippen LogP contribution in [-0.4, -0.2) is 69.6 Å². The predicted octanol–water partition coefficient (Wildman–Crippen LogP) is 2.81. The number of benzene rings is 1. The van der Waals surface area contributed by atoms with E-state index in [9.17, 15) is 24.3 Å². The molecule has 0 bridgehead atoms. The molecule has 0 saturated heterocycles. The zero-order valence-corrected chi connectivity index (χ0v) is 22.1. The number of thioether (sulfide) groups is 1. The number of nitrogens with one attached hydrogen (secondary N) is 2. The maximum atomic E-state index is 13.7. The second-order valence-corrected chi connectivity index (χ2v) is 11.0. The highest BCUT2D eigenvalue weighted by Gasteiger charge is 2.40. The van der Waals surface area contributed by atoms with Gasteiger partial charge in [0.1, 0.15) is 23.7 Å². The number of carboxylic acid groups (broad SMARTS) is 1. The highest BCUT2D eigenvalue weighted by molar-refractivity contribution is 7.98. The number of fused-ring (bicyclic) bond motifs is 1. The van der Waals surface area contributed by atoms with Crippen molar-refractivity contribution in [3.63, 3.8) is 0 Å². The molecule has 1 aromatic rings. The van der Waals surface area contributed by atoms with Gasteiger partial charge in [-0.3, -0.25) is 9.59 Å². The van der Waals surface area contributed by atoms with Crippen LogP contribution in [0.4, 0.5) is 4.79 Å². The lowest BCUT2D eigenvalue weighted by Gasteiger charge is -2.39. The van der Waals surface area contributed by atoms with Crippen LogP contribution in [0.15, 0.2) is 24.3 Å². The van der Waals surface area contributed by atoms with Gasteiger partial charge in [-0.2, -0.15) is 11.8 Å². The van der Waals surface area contributed by atoms with Gasteiger partial charge in [0.2, 0.25) is 11.8 Å². The van der Waals surface area contributed by atoms with E-state index in [0.29, 0.717) is 5.75 Å². The number of carbonyl (C=O) groups excluding carboxylic acids is 3. The summed E-state index contributed by atoms with van der Waals surface area (Å²) in [7, 11) is 0. The zero-order valence-electron chi connectivity index (χ0n) is 21.3. The molecule has 1 aliphatic rings. The Morgan fingerprint density at radius 2 is 1.77 bits per heavy atom. The first-order valence-electron chi connectivity index (χ1n) is 11.7. The van der Waals surface area contributed by atoms with Crippen molar-refractivity contribution in [2.45, 2.75) is 77.7 Å². The van der Waals surface area contributed by atoms with Crippen molar-refractivity contribution in [3.05, 3.63) is 35.4 Å². The molecule has 9 nitrogen and oxygen atoms in total. The standard InChI is InChI=1S/C25H37N3O6S/c1-15(2)20(27-24(33)34-25(3,4)5)22(30)28-14-17-10-8-7-9-16(17)13-19(28)21(29)26-18(23(31)32)11-12-35-6/h7-10,15,18-20H,11-14H2,1-6H3,(H,26,29)(H,27,33)(H,31,32)/t18-,19+,20-/m0/s1. The molecule has 0 fully saturated rings. The normalized spacial score (nSPS) is 17.2. The van der Waals surface area contributed by atoms with E-state index in [0.717, 1.165) is 11.1 Å². The molecule has 3 N–H and O–H groups in total. The van der Waals surface area contributed by atoms with Crippen molar-refractivity contribution >= 4 is 35.6 Å². The van der Waals surface area contributed by atoms with E-state index in [1.165, 1.54) is 16.7 Å². The number of ether oxygens (including phenoxy) is 1. The lowest BCUT2D eigenvalue weighted by molar-refractivity contribution is -0.146. The molecular formula is C25H37N3O6S. The second kappa shape index (κ2) is 12.3. The predicted molar refractivity (Wildman–Crippen MR) is 135 cm³/mol. The van der Waals surface area contributed by atoms with E-state index < -0.39 is 47.6 Å². The van der Waals surface area contributed by atoms with Crippen molar-refractivity contribution in [3.8, 4) is 0 Å². The minimum atomic E-state index is -1.12. The summed E-state index contributed by atoms with van der Waals surface area (Å²) >= 11 is 1.49. The fourth-order valence-electron chi connectivity index (χ4n) is 3.88. The van der Waals surface area contributed by atoms with Crippen LogP contribution in [0, 0.1) is 5.92 Å². The summed E-state index contributed by atoms with van der Waals surface area (Å²) in [6, 6.07) is 4.65. The summed E-state index contributed by atoms with van der Waals surface area (Å²) in [6.07, 6.45) is 1.67. The number of carbonyl (C=O) groups is 4. The Balaban J connectivity index is 2.33. The van der Waals surface area contributed by atoms with Gasteiger partial charge in [-0.15, -0.1) is 0 Å². The maximum absolute atomic E-state index is 13.7. The van der Waals surface area contributed by atoms with Crippen molar-refractivity contribution in [1.29, 1.82) is 0 Å². The second-order valence-electron chi connectivity index (χ2n) is 10.0. The number of hydrogen-bond acceptors (Lipinski definition) is 6. The monoisotopic (exact) mass is 507 g/mol. The van der Waals surface area contributed by atoms with E-state index in [2.05, 4.69) is 10.6 Å². The molecule has 0 aromatic heterocycles. The summed E-state index contributed by atoms with van der Waals surface area (Å²) in [5.41, 5.74) is 1.10. The Hall–Kier alpha value is -2.75. The van der Waals surface area contributed by atoms with Crippen molar-refractivity contribution in [2.24, 2.45) is 5.92 Å². The molecule has 35 heavy (non-hydrogen) atoms. The zero-order chi connectivity index (χ0) is 26.3. The van der Waals surface area contributed by atoms with Crippen LogP contribution < -0.4 is 10.6 Å². The molecule has 1 heterocycles. The van der Waals surface area contributed by atoms with Gasteiger partial charge >= 0.3 is 12.1 Å². The first-order chi connectivity index (χ1) is 16.3. The van der Waals surface area contributed by atoms with E-state index >= 15 is 0 Å². The van der Waals surface area contributed by atoms with Crippen molar-refractivity contribution < 1.29 is 29.0 Å². The molecule has 0 spiro atoms. The van der Waals surface area contributed by atoms with Gasteiger partial charge < -0.3 is 25.4 Å². The van der Waals surface area contributed by atoms with Crippen LogP contribution in [0.5, 0.6) is 0 Å². The fraction of sp³-hybridized carbons (Fsp3) is 0.600. The lowest BCUT2D eigenvalue weighted by Crippen LogP contribution is -2.60. The van der Waals surface area contributed by atoms with Crippen LogP contribution in [0.25, 0.3) is 0 Å². The quantitative estimate of drug-likeness (QED) is 0.469.